The molecule has 4 aromatic rings. The van der Waals surface area contributed by atoms with E-state index in [0.717, 1.165) is 68.2 Å². The number of anilines is 3. The fourth-order valence-corrected chi connectivity index (χ4v) is 6.57. The number of pyridine rings is 1. The van der Waals surface area contributed by atoms with Crippen LogP contribution in [0.4, 0.5) is 17.3 Å². The summed E-state index contributed by atoms with van der Waals surface area (Å²) in [6.45, 7) is 8.98. The van der Waals surface area contributed by atoms with E-state index in [4.69, 9.17) is 21.3 Å². The van der Waals surface area contributed by atoms with Crippen LogP contribution in [-0.4, -0.2) is 88.6 Å². The first-order valence-electron chi connectivity index (χ1n) is 15.3. The number of aliphatic hydroxyl groups excluding tert-OH is 1. The number of rotatable bonds is 9. The summed E-state index contributed by atoms with van der Waals surface area (Å²) < 4.78 is 7.57. The number of nitrogens with one attached hydrogen (secondary N) is 2. The predicted octanol–water partition coefficient (Wildman–Crippen LogP) is 4.50. The van der Waals surface area contributed by atoms with Gasteiger partial charge in [0, 0.05) is 67.2 Å². The van der Waals surface area contributed by atoms with E-state index in [-0.39, 0.29) is 30.1 Å². The molecular weight excluding hydrogens is 578 g/mol. The average molecular weight is 618 g/mol. The number of amides is 1. The van der Waals surface area contributed by atoms with Gasteiger partial charge in [0.05, 0.1) is 24.5 Å². The number of morpholine rings is 1. The van der Waals surface area contributed by atoms with E-state index in [0.29, 0.717) is 23.1 Å². The number of aromatic nitrogens is 3. The number of benzene rings is 2. The van der Waals surface area contributed by atoms with Crippen molar-refractivity contribution in [2.75, 3.05) is 56.1 Å². The van der Waals surface area contributed by atoms with E-state index in [1.165, 1.54) is 0 Å². The van der Waals surface area contributed by atoms with Crippen molar-refractivity contribution in [3.05, 3.63) is 83.0 Å². The van der Waals surface area contributed by atoms with Gasteiger partial charge in [0.25, 0.3) is 5.91 Å². The topological polar surface area (TPSA) is 107 Å². The number of aliphatic hydroxyl groups is 1. The molecule has 2 fully saturated rings. The molecule has 2 aliphatic rings. The summed E-state index contributed by atoms with van der Waals surface area (Å²) >= 11 is 6.10. The largest absolute Gasteiger partial charge is 0.395 e. The minimum absolute atomic E-state index is 0.0933. The summed E-state index contributed by atoms with van der Waals surface area (Å²) in [6.07, 6.45) is 3.94. The Balaban J connectivity index is 1.06. The Hall–Kier alpha value is -3.70. The highest BCUT2D eigenvalue weighted by molar-refractivity contribution is 6.30. The van der Waals surface area contributed by atoms with Crippen LogP contribution in [0.2, 0.25) is 5.02 Å². The van der Waals surface area contributed by atoms with Gasteiger partial charge in [-0.3, -0.25) is 9.69 Å². The van der Waals surface area contributed by atoms with Gasteiger partial charge in [-0.1, -0.05) is 23.7 Å². The first-order chi connectivity index (χ1) is 21.3. The molecule has 0 saturated carbocycles. The highest BCUT2D eigenvalue weighted by Gasteiger charge is 2.36. The van der Waals surface area contributed by atoms with Gasteiger partial charge < -0.3 is 25.4 Å². The van der Waals surface area contributed by atoms with Crippen LogP contribution in [0.3, 0.4) is 0 Å². The van der Waals surface area contributed by atoms with E-state index < -0.39 is 0 Å². The number of piperidine rings is 1. The number of halogens is 1. The quantitative estimate of drug-likeness (QED) is 0.252. The summed E-state index contributed by atoms with van der Waals surface area (Å²) in [5.74, 6) is 0.385. The molecule has 3 N–H and O–H groups in total. The fraction of sp³-hybridized carbons (Fsp3) is 0.424. The Morgan fingerprint density at radius 1 is 1.05 bits per heavy atom. The van der Waals surface area contributed by atoms with Gasteiger partial charge >= 0.3 is 0 Å². The maximum atomic E-state index is 12.7. The summed E-state index contributed by atoms with van der Waals surface area (Å²) in [5, 5.41) is 22.0. The molecule has 2 unspecified atom stereocenters. The Morgan fingerprint density at radius 2 is 1.75 bits per heavy atom. The lowest BCUT2D eigenvalue weighted by Crippen LogP contribution is -2.47. The monoisotopic (exact) mass is 617 g/mol. The lowest BCUT2D eigenvalue weighted by Gasteiger charge is -2.42. The molecule has 2 aliphatic heterocycles. The highest BCUT2D eigenvalue weighted by Crippen LogP contribution is 2.38. The fourth-order valence-electron chi connectivity index (χ4n) is 6.44. The molecule has 6 rings (SSSR count). The minimum atomic E-state index is -0.282. The standard InChI is InChI=1S/C33H40ClN7O3/c1-23-20-39(21-24(2)44-23)19-15-35-31(43)25-5-11-28(12-6-25)36-32-37-30-29(4-3-16-41(30)38-32)40-17-13-33(22-42,14-18-40)26-7-9-27(34)10-8-26/h3-12,16,23-24,42H,13-15,17-22H2,1-2H3,(H,35,43)(H,36,38). The van der Waals surface area contributed by atoms with Gasteiger partial charge in [-0.2, -0.15) is 4.98 Å². The SMILES string of the molecule is CC1CN(CCNC(=O)c2ccc(Nc3nc4c(N5CCC(CO)(c6ccc(Cl)cc6)CC5)cccn4n3)cc2)CC(C)O1. The van der Waals surface area contributed by atoms with Crippen LogP contribution in [0.15, 0.2) is 66.9 Å². The van der Waals surface area contributed by atoms with Crippen LogP contribution in [0.5, 0.6) is 0 Å². The summed E-state index contributed by atoms with van der Waals surface area (Å²) in [7, 11) is 0. The molecule has 2 aromatic heterocycles. The Kier molecular flexibility index (Phi) is 9.04. The number of ether oxygens (including phenoxy) is 1. The maximum absolute atomic E-state index is 12.7. The molecule has 0 spiro atoms. The number of carbonyl (C=O) groups is 1. The Labute approximate surface area is 263 Å². The molecule has 1 amide bonds. The first-order valence-corrected chi connectivity index (χ1v) is 15.7. The van der Waals surface area contributed by atoms with Gasteiger partial charge in [-0.25, -0.2) is 4.52 Å². The Morgan fingerprint density at radius 3 is 2.43 bits per heavy atom. The third kappa shape index (κ3) is 6.68. The van der Waals surface area contributed by atoms with Crippen molar-refractivity contribution in [1.29, 1.82) is 0 Å². The second-order valence-corrected chi connectivity index (χ2v) is 12.4. The zero-order chi connectivity index (χ0) is 30.7. The van der Waals surface area contributed by atoms with Crippen molar-refractivity contribution in [3.8, 4) is 0 Å². The molecule has 44 heavy (non-hydrogen) atoms. The average Bonchev–Trinajstić information content (AvgIpc) is 3.44. The highest BCUT2D eigenvalue weighted by atomic mass is 35.5. The van der Waals surface area contributed by atoms with E-state index >= 15 is 0 Å². The lowest BCUT2D eigenvalue weighted by molar-refractivity contribution is -0.0672. The molecule has 2 saturated heterocycles. The minimum Gasteiger partial charge on any atom is -0.395 e. The molecule has 2 atom stereocenters. The summed E-state index contributed by atoms with van der Waals surface area (Å²) in [6, 6.07) is 19.2. The van der Waals surface area contributed by atoms with Gasteiger partial charge in [-0.15, -0.1) is 5.10 Å². The van der Waals surface area contributed by atoms with Crippen LogP contribution >= 0.6 is 11.6 Å². The van der Waals surface area contributed by atoms with E-state index in [1.807, 2.05) is 48.7 Å². The zero-order valence-corrected chi connectivity index (χ0v) is 26.0. The smallest absolute Gasteiger partial charge is 0.251 e. The molecule has 0 bridgehead atoms. The van der Waals surface area contributed by atoms with Crippen molar-refractivity contribution < 1.29 is 14.6 Å². The van der Waals surface area contributed by atoms with E-state index in [2.05, 4.69) is 45.4 Å². The third-order valence-electron chi connectivity index (χ3n) is 8.77. The van der Waals surface area contributed by atoms with Crippen LogP contribution in [0.25, 0.3) is 5.65 Å². The zero-order valence-electron chi connectivity index (χ0n) is 25.2. The van der Waals surface area contributed by atoms with Gasteiger partial charge in [-0.05, 0) is 80.8 Å². The summed E-state index contributed by atoms with van der Waals surface area (Å²) in [4.78, 5) is 22.2. The van der Waals surface area contributed by atoms with Crippen LogP contribution < -0.4 is 15.5 Å². The third-order valence-corrected chi connectivity index (χ3v) is 9.03. The normalized spacial score (nSPS) is 20.5. The second kappa shape index (κ2) is 13.1. The van der Waals surface area contributed by atoms with Crippen molar-refractivity contribution in [2.45, 2.75) is 44.3 Å². The van der Waals surface area contributed by atoms with Crippen molar-refractivity contribution >= 4 is 40.5 Å². The van der Waals surface area contributed by atoms with Crippen molar-refractivity contribution in [2.24, 2.45) is 0 Å². The molecule has 4 heterocycles. The van der Waals surface area contributed by atoms with Gasteiger partial charge in [0.2, 0.25) is 5.95 Å². The van der Waals surface area contributed by atoms with Gasteiger partial charge in [0.1, 0.15) is 0 Å². The number of hydrogen-bond donors (Lipinski definition) is 3. The van der Waals surface area contributed by atoms with Gasteiger partial charge in [0.15, 0.2) is 5.65 Å². The van der Waals surface area contributed by atoms with Crippen LogP contribution in [0.1, 0.15) is 42.6 Å². The molecule has 0 radical (unpaired) electrons. The molecular formula is C33H40ClN7O3. The van der Waals surface area contributed by atoms with E-state index in [1.54, 1.807) is 16.6 Å². The van der Waals surface area contributed by atoms with Crippen LogP contribution in [0, 0.1) is 0 Å². The Bertz CT molecular complexity index is 1560. The maximum Gasteiger partial charge on any atom is 0.251 e. The molecule has 11 heteroatoms. The number of nitrogens with zero attached hydrogens (tertiary/aromatic N) is 5. The molecule has 2 aromatic carbocycles. The number of hydrogen-bond acceptors (Lipinski definition) is 8. The molecule has 0 aliphatic carbocycles. The van der Waals surface area contributed by atoms with Crippen LogP contribution in [-0.2, 0) is 10.2 Å². The van der Waals surface area contributed by atoms with Crippen molar-refractivity contribution in [3.63, 3.8) is 0 Å². The molecule has 10 nitrogen and oxygen atoms in total. The second-order valence-electron chi connectivity index (χ2n) is 12.0. The first kappa shape index (κ1) is 30.3. The molecule has 232 valence electrons. The van der Waals surface area contributed by atoms with Crippen molar-refractivity contribution in [1.82, 2.24) is 24.8 Å². The predicted molar refractivity (Wildman–Crippen MR) is 173 cm³/mol. The number of carbonyl (C=O) groups excluding carboxylic acids is 1. The van der Waals surface area contributed by atoms with E-state index in [9.17, 15) is 9.90 Å². The summed E-state index contributed by atoms with van der Waals surface area (Å²) in [5.41, 5.74) is 4.00. The lowest BCUT2D eigenvalue weighted by atomic mass is 9.73. The number of fused-ring (bicyclic) bond motifs is 1.